The highest BCUT2D eigenvalue weighted by Crippen LogP contribution is 2.18. The topological polar surface area (TPSA) is 49.8 Å². The van der Waals surface area contributed by atoms with Crippen LogP contribution >= 0.6 is 15.9 Å². The highest BCUT2D eigenvalue weighted by molar-refractivity contribution is 9.10. The van der Waals surface area contributed by atoms with Gasteiger partial charge in [-0.15, -0.1) is 0 Å². The molecule has 1 aromatic heterocycles. The van der Waals surface area contributed by atoms with E-state index < -0.39 is 0 Å². The number of aromatic nitrogens is 2. The fraction of sp³-hybridized carbons (Fsp3) is 0.333. The Morgan fingerprint density at radius 3 is 2.90 bits per heavy atom. The number of fused-ring (bicyclic) bond motifs is 1. The molecule has 0 atom stereocenters. The molecule has 0 fully saturated rings. The van der Waals surface area contributed by atoms with Crippen LogP contribution in [-0.2, 0) is 19.4 Å². The molecule has 0 spiro atoms. The molecule has 2 aromatic rings. The molecule has 20 heavy (non-hydrogen) atoms. The molecule has 1 aromatic carbocycles. The van der Waals surface area contributed by atoms with Crippen LogP contribution in [0.2, 0.25) is 0 Å². The second kappa shape index (κ2) is 6.33. The third-order valence-electron chi connectivity index (χ3n) is 3.49. The smallest absolute Gasteiger partial charge is 0.134 e. The summed E-state index contributed by atoms with van der Waals surface area (Å²) in [4.78, 5) is 8.73. The fourth-order valence-corrected chi connectivity index (χ4v) is 2.66. The van der Waals surface area contributed by atoms with Crippen LogP contribution in [-0.4, -0.2) is 23.1 Å². The zero-order valence-electron chi connectivity index (χ0n) is 11.2. The van der Waals surface area contributed by atoms with Crippen LogP contribution in [0.3, 0.4) is 0 Å². The van der Waals surface area contributed by atoms with Crippen LogP contribution < -0.4 is 10.6 Å². The monoisotopic (exact) mass is 332 g/mol. The van der Waals surface area contributed by atoms with E-state index in [4.69, 9.17) is 0 Å². The lowest BCUT2D eigenvalue weighted by Gasteiger charge is -2.19. The summed E-state index contributed by atoms with van der Waals surface area (Å²) in [5.74, 6) is 0.972. The van der Waals surface area contributed by atoms with E-state index >= 15 is 0 Å². The minimum atomic E-state index is 0.858. The highest BCUT2D eigenvalue weighted by atomic mass is 79.9. The van der Waals surface area contributed by atoms with Gasteiger partial charge in [-0.3, -0.25) is 0 Å². The summed E-state index contributed by atoms with van der Waals surface area (Å²) in [5, 5.41) is 6.80. The first kappa shape index (κ1) is 13.5. The second-order valence-corrected chi connectivity index (χ2v) is 5.79. The van der Waals surface area contributed by atoms with Crippen molar-refractivity contribution in [3.8, 4) is 0 Å². The van der Waals surface area contributed by atoms with E-state index in [1.807, 2.05) is 0 Å². The SMILES string of the molecule is Brc1ccc(CCNc2ncnc3c2CNCC3)cc1. The van der Waals surface area contributed by atoms with Crippen molar-refractivity contribution < 1.29 is 0 Å². The van der Waals surface area contributed by atoms with Gasteiger partial charge in [0.25, 0.3) is 0 Å². The highest BCUT2D eigenvalue weighted by Gasteiger charge is 2.14. The molecule has 2 heterocycles. The van der Waals surface area contributed by atoms with E-state index in [0.717, 1.165) is 42.8 Å². The van der Waals surface area contributed by atoms with Gasteiger partial charge in [0.15, 0.2) is 0 Å². The van der Waals surface area contributed by atoms with Crippen molar-refractivity contribution in [3.05, 3.63) is 51.9 Å². The predicted octanol–water partition coefficient (Wildman–Crippen LogP) is 2.54. The van der Waals surface area contributed by atoms with Crippen LogP contribution in [0.4, 0.5) is 5.82 Å². The maximum Gasteiger partial charge on any atom is 0.134 e. The molecule has 5 heteroatoms. The van der Waals surface area contributed by atoms with Gasteiger partial charge in [-0.05, 0) is 24.1 Å². The van der Waals surface area contributed by atoms with E-state index in [-0.39, 0.29) is 0 Å². The van der Waals surface area contributed by atoms with E-state index in [0.29, 0.717) is 0 Å². The zero-order valence-corrected chi connectivity index (χ0v) is 12.8. The predicted molar refractivity (Wildman–Crippen MR) is 83.8 cm³/mol. The molecule has 0 bridgehead atoms. The summed E-state index contributed by atoms with van der Waals surface area (Å²) in [6, 6.07) is 8.43. The molecular weight excluding hydrogens is 316 g/mol. The molecule has 0 saturated carbocycles. The lowest BCUT2D eigenvalue weighted by molar-refractivity contribution is 0.627. The molecule has 0 radical (unpaired) electrons. The number of halogens is 1. The van der Waals surface area contributed by atoms with Crippen LogP contribution in [0.1, 0.15) is 16.8 Å². The van der Waals surface area contributed by atoms with E-state index in [1.54, 1.807) is 6.33 Å². The number of hydrogen-bond donors (Lipinski definition) is 2. The average molecular weight is 333 g/mol. The Morgan fingerprint density at radius 2 is 2.05 bits per heavy atom. The summed E-state index contributed by atoms with van der Waals surface area (Å²) in [7, 11) is 0. The largest absolute Gasteiger partial charge is 0.369 e. The van der Waals surface area contributed by atoms with Gasteiger partial charge in [0.1, 0.15) is 12.1 Å². The fourth-order valence-electron chi connectivity index (χ4n) is 2.40. The number of nitrogens with one attached hydrogen (secondary N) is 2. The van der Waals surface area contributed by atoms with Crippen molar-refractivity contribution in [3.63, 3.8) is 0 Å². The van der Waals surface area contributed by atoms with Gasteiger partial charge in [0, 0.05) is 36.1 Å². The maximum absolute atomic E-state index is 4.37. The van der Waals surface area contributed by atoms with Gasteiger partial charge in [-0.25, -0.2) is 9.97 Å². The molecule has 0 saturated heterocycles. The number of anilines is 1. The maximum atomic E-state index is 4.37. The van der Waals surface area contributed by atoms with E-state index in [2.05, 4.69) is 60.8 Å². The average Bonchev–Trinajstić information content (AvgIpc) is 2.49. The van der Waals surface area contributed by atoms with Gasteiger partial charge in [-0.2, -0.15) is 0 Å². The Bertz CT molecular complexity index is 583. The van der Waals surface area contributed by atoms with Crippen molar-refractivity contribution in [1.29, 1.82) is 0 Å². The normalized spacial score (nSPS) is 13.8. The lowest BCUT2D eigenvalue weighted by Crippen LogP contribution is -2.26. The lowest BCUT2D eigenvalue weighted by atomic mass is 10.1. The van der Waals surface area contributed by atoms with Crippen LogP contribution in [0, 0.1) is 0 Å². The van der Waals surface area contributed by atoms with Crippen molar-refractivity contribution in [2.24, 2.45) is 0 Å². The minimum absolute atomic E-state index is 0.858. The minimum Gasteiger partial charge on any atom is -0.369 e. The summed E-state index contributed by atoms with van der Waals surface area (Å²) in [6.07, 6.45) is 3.63. The van der Waals surface area contributed by atoms with Crippen molar-refractivity contribution in [1.82, 2.24) is 15.3 Å². The number of benzene rings is 1. The Morgan fingerprint density at radius 1 is 1.20 bits per heavy atom. The van der Waals surface area contributed by atoms with Crippen molar-refractivity contribution in [2.75, 3.05) is 18.4 Å². The summed E-state index contributed by atoms with van der Waals surface area (Å²) in [6.45, 7) is 2.74. The van der Waals surface area contributed by atoms with Crippen LogP contribution in [0.5, 0.6) is 0 Å². The Labute approximate surface area is 127 Å². The summed E-state index contributed by atoms with van der Waals surface area (Å²) >= 11 is 3.45. The van der Waals surface area contributed by atoms with Crippen LogP contribution in [0.15, 0.2) is 35.1 Å². The van der Waals surface area contributed by atoms with Crippen molar-refractivity contribution >= 4 is 21.7 Å². The first-order valence-corrected chi connectivity index (χ1v) is 7.64. The molecule has 0 unspecified atom stereocenters. The standard InChI is InChI=1S/C15H17BrN4/c16-12-3-1-11(2-4-12)5-8-18-15-13-9-17-7-6-14(13)19-10-20-15/h1-4,10,17H,5-9H2,(H,18,19,20). The van der Waals surface area contributed by atoms with E-state index in [1.165, 1.54) is 16.8 Å². The quantitative estimate of drug-likeness (QED) is 0.903. The molecule has 0 aliphatic carbocycles. The van der Waals surface area contributed by atoms with Crippen molar-refractivity contribution in [2.45, 2.75) is 19.4 Å². The van der Waals surface area contributed by atoms with Crippen LogP contribution in [0.25, 0.3) is 0 Å². The Kier molecular flexibility index (Phi) is 4.28. The first-order chi connectivity index (χ1) is 9.83. The molecule has 0 amide bonds. The third kappa shape index (κ3) is 3.16. The first-order valence-electron chi connectivity index (χ1n) is 6.85. The number of nitrogens with zero attached hydrogens (tertiary/aromatic N) is 2. The Balaban J connectivity index is 1.62. The number of hydrogen-bond acceptors (Lipinski definition) is 4. The molecule has 1 aliphatic heterocycles. The Hall–Kier alpha value is -1.46. The van der Waals surface area contributed by atoms with Gasteiger partial charge in [0.2, 0.25) is 0 Å². The van der Waals surface area contributed by atoms with Gasteiger partial charge in [0.05, 0.1) is 5.69 Å². The third-order valence-corrected chi connectivity index (χ3v) is 4.02. The van der Waals surface area contributed by atoms with Gasteiger partial charge in [-0.1, -0.05) is 28.1 Å². The molecule has 3 rings (SSSR count). The molecule has 1 aliphatic rings. The summed E-state index contributed by atoms with van der Waals surface area (Å²) in [5.41, 5.74) is 3.71. The summed E-state index contributed by atoms with van der Waals surface area (Å²) < 4.78 is 1.12. The molecule has 104 valence electrons. The molecule has 2 N–H and O–H groups in total. The van der Waals surface area contributed by atoms with Gasteiger partial charge < -0.3 is 10.6 Å². The number of rotatable bonds is 4. The molecular formula is C15H17BrN4. The molecule has 4 nitrogen and oxygen atoms in total. The van der Waals surface area contributed by atoms with E-state index in [9.17, 15) is 0 Å². The second-order valence-electron chi connectivity index (χ2n) is 4.88. The zero-order chi connectivity index (χ0) is 13.8. The van der Waals surface area contributed by atoms with Gasteiger partial charge >= 0.3 is 0 Å².